The summed E-state index contributed by atoms with van der Waals surface area (Å²) in [5.41, 5.74) is 1.74. The Morgan fingerprint density at radius 1 is 1.20 bits per heavy atom. The molecule has 30 heavy (non-hydrogen) atoms. The highest BCUT2D eigenvalue weighted by molar-refractivity contribution is 6.31. The number of nitro benzene ring substituents is 1. The lowest BCUT2D eigenvalue weighted by atomic mass is 9.99. The van der Waals surface area contributed by atoms with Crippen LogP contribution in [0.4, 0.5) is 17.2 Å². The van der Waals surface area contributed by atoms with E-state index >= 15 is 0 Å². The second-order valence-corrected chi connectivity index (χ2v) is 7.52. The lowest BCUT2D eigenvalue weighted by Crippen LogP contribution is -2.52. The van der Waals surface area contributed by atoms with Crippen LogP contribution in [0.25, 0.3) is 5.82 Å². The fourth-order valence-corrected chi connectivity index (χ4v) is 3.49. The van der Waals surface area contributed by atoms with Gasteiger partial charge in [0.05, 0.1) is 16.5 Å². The van der Waals surface area contributed by atoms with Gasteiger partial charge in [0.1, 0.15) is 17.8 Å². The maximum absolute atomic E-state index is 12.5. The summed E-state index contributed by atoms with van der Waals surface area (Å²) in [7, 11) is 0. The van der Waals surface area contributed by atoms with Gasteiger partial charge >= 0.3 is 0 Å². The van der Waals surface area contributed by atoms with Crippen LogP contribution < -0.4 is 10.2 Å². The lowest BCUT2D eigenvalue weighted by molar-refractivity contribution is -0.383. The number of nitrogens with zero attached hydrogens (tertiary/aromatic N) is 6. The molecule has 4 rings (SSSR count). The van der Waals surface area contributed by atoms with Crippen LogP contribution in [0, 0.1) is 29.9 Å². The average Bonchev–Trinajstić information content (AvgIpc) is 2.99. The smallest absolute Gasteiger partial charge is 0.292 e. The summed E-state index contributed by atoms with van der Waals surface area (Å²) in [6, 6.07) is 7.83. The van der Waals surface area contributed by atoms with Crippen molar-refractivity contribution in [1.82, 2.24) is 19.7 Å². The summed E-state index contributed by atoms with van der Waals surface area (Å²) >= 11 is 5.91. The van der Waals surface area contributed by atoms with Gasteiger partial charge in [-0.2, -0.15) is 5.10 Å². The van der Waals surface area contributed by atoms with Crippen LogP contribution in [0.1, 0.15) is 11.4 Å². The molecule has 1 N–H and O–H groups in total. The van der Waals surface area contributed by atoms with Gasteiger partial charge in [0.2, 0.25) is 5.91 Å². The molecule has 0 unspecified atom stereocenters. The summed E-state index contributed by atoms with van der Waals surface area (Å²) in [5.74, 6) is 0.707. The van der Waals surface area contributed by atoms with E-state index in [9.17, 15) is 14.9 Å². The fraction of sp³-hybridized carbons (Fsp3) is 0.263. The second kappa shape index (κ2) is 7.71. The normalized spacial score (nSPS) is 13.8. The van der Waals surface area contributed by atoms with Crippen molar-refractivity contribution in [3.63, 3.8) is 0 Å². The van der Waals surface area contributed by atoms with Gasteiger partial charge in [-0.1, -0.05) is 11.6 Å². The molecule has 1 aliphatic heterocycles. The first kappa shape index (κ1) is 19.8. The molecule has 1 aromatic carbocycles. The number of halogens is 1. The highest BCUT2D eigenvalue weighted by Gasteiger charge is 2.34. The molecule has 1 saturated heterocycles. The molecule has 11 heteroatoms. The number of aryl methyl sites for hydroxylation is 2. The Kier molecular flexibility index (Phi) is 5.08. The van der Waals surface area contributed by atoms with E-state index in [1.165, 1.54) is 24.5 Å². The van der Waals surface area contributed by atoms with Crippen molar-refractivity contribution >= 4 is 34.7 Å². The number of rotatable bonds is 5. The fourth-order valence-electron chi connectivity index (χ4n) is 3.32. The summed E-state index contributed by atoms with van der Waals surface area (Å²) in [6.07, 6.45) is 1.46. The number of nitrogens with one attached hydrogen (secondary N) is 1. The van der Waals surface area contributed by atoms with Crippen LogP contribution in [0.15, 0.2) is 36.7 Å². The third kappa shape index (κ3) is 3.81. The third-order valence-electron chi connectivity index (χ3n) is 4.85. The lowest BCUT2D eigenvalue weighted by Gasteiger charge is -2.39. The minimum atomic E-state index is -0.555. The Bertz CT molecular complexity index is 1140. The molecule has 154 valence electrons. The monoisotopic (exact) mass is 427 g/mol. The zero-order chi connectivity index (χ0) is 21.4. The second-order valence-electron chi connectivity index (χ2n) is 7.08. The number of hydrogen-bond acceptors (Lipinski definition) is 7. The number of anilines is 2. The van der Waals surface area contributed by atoms with Crippen LogP contribution >= 0.6 is 11.6 Å². The SMILES string of the molecule is Cc1cc(C)n(-c2cc(N3CC(C(=O)Nc4cc(Cl)ccc4[N+](=O)[O-])C3)ncn2)n1. The van der Waals surface area contributed by atoms with E-state index in [-0.39, 0.29) is 23.2 Å². The molecule has 0 radical (unpaired) electrons. The molecule has 10 nitrogen and oxygen atoms in total. The quantitative estimate of drug-likeness (QED) is 0.491. The molecule has 0 bridgehead atoms. The molecule has 1 amide bonds. The molecule has 0 atom stereocenters. The number of hydrogen-bond donors (Lipinski definition) is 1. The summed E-state index contributed by atoms with van der Waals surface area (Å²) in [6.45, 7) is 4.73. The van der Waals surface area contributed by atoms with Crippen molar-refractivity contribution in [3.8, 4) is 5.82 Å². The van der Waals surface area contributed by atoms with Crippen molar-refractivity contribution in [2.45, 2.75) is 13.8 Å². The Morgan fingerprint density at radius 3 is 2.60 bits per heavy atom. The summed E-state index contributed by atoms with van der Waals surface area (Å²) < 4.78 is 1.74. The van der Waals surface area contributed by atoms with Gasteiger partial charge in [-0.3, -0.25) is 14.9 Å². The minimum Gasteiger partial charge on any atom is -0.355 e. The number of aromatic nitrogens is 4. The van der Waals surface area contributed by atoms with Gasteiger partial charge in [0, 0.05) is 35.9 Å². The van der Waals surface area contributed by atoms with Gasteiger partial charge in [-0.15, -0.1) is 0 Å². The Morgan fingerprint density at radius 2 is 1.93 bits per heavy atom. The van der Waals surface area contributed by atoms with E-state index < -0.39 is 4.92 Å². The molecule has 2 aromatic heterocycles. The molecule has 3 heterocycles. The number of nitro groups is 1. The number of amides is 1. The van der Waals surface area contributed by atoms with Gasteiger partial charge in [-0.25, -0.2) is 14.6 Å². The minimum absolute atomic E-state index is 0.0878. The molecule has 3 aromatic rings. The number of carbonyl (C=O) groups is 1. The topological polar surface area (TPSA) is 119 Å². The van der Waals surface area contributed by atoms with Crippen molar-refractivity contribution in [3.05, 3.63) is 63.2 Å². The third-order valence-corrected chi connectivity index (χ3v) is 5.09. The zero-order valence-electron chi connectivity index (χ0n) is 16.2. The Labute approximate surface area is 176 Å². The van der Waals surface area contributed by atoms with Crippen molar-refractivity contribution in [1.29, 1.82) is 0 Å². The van der Waals surface area contributed by atoms with Crippen molar-refractivity contribution < 1.29 is 9.72 Å². The predicted octanol–water partition coefficient (Wildman–Crippen LogP) is 2.92. The highest BCUT2D eigenvalue weighted by atomic mass is 35.5. The van der Waals surface area contributed by atoms with E-state index in [0.29, 0.717) is 29.7 Å². The number of benzene rings is 1. The van der Waals surface area contributed by atoms with Crippen LogP contribution in [0.2, 0.25) is 5.02 Å². The van der Waals surface area contributed by atoms with E-state index in [1.54, 1.807) is 4.68 Å². The van der Waals surface area contributed by atoms with Gasteiger partial charge < -0.3 is 10.2 Å². The standard InChI is InChI=1S/C19H18ClN7O3/c1-11-5-12(2)26(24-11)18-7-17(21-10-22-18)25-8-13(9-25)19(28)23-15-6-14(20)3-4-16(15)27(29)30/h3-7,10,13H,8-9H2,1-2H3,(H,23,28). The van der Waals surface area contributed by atoms with Crippen LogP contribution in [-0.4, -0.2) is 43.7 Å². The molecule has 1 aliphatic rings. The van der Waals surface area contributed by atoms with Gasteiger partial charge in [-0.05, 0) is 32.0 Å². The van der Waals surface area contributed by atoms with E-state index in [1.807, 2.05) is 30.9 Å². The summed E-state index contributed by atoms with van der Waals surface area (Å²) in [5, 5.41) is 18.5. The Hall–Kier alpha value is -3.53. The molecule has 1 fully saturated rings. The maximum atomic E-state index is 12.5. The summed E-state index contributed by atoms with van der Waals surface area (Å²) in [4.78, 5) is 33.6. The molecule has 0 saturated carbocycles. The Balaban J connectivity index is 1.44. The predicted molar refractivity (Wildman–Crippen MR) is 111 cm³/mol. The van der Waals surface area contributed by atoms with Crippen LogP contribution in [0.3, 0.4) is 0 Å². The van der Waals surface area contributed by atoms with Crippen LogP contribution in [-0.2, 0) is 4.79 Å². The van der Waals surface area contributed by atoms with Crippen LogP contribution in [0.5, 0.6) is 0 Å². The van der Waals surface area contributed by atoms with Gasteiger partial charge in [0.15, 0.2) is 5.82 Å². The largest absolute Gasteiger partial charge is 0.355 e. The maximum Gasteiger partial charge on any atom is 0.292 e. The van der Waals surface area contributed by atoms with Gasteiger partial charge in [0.25, 0.3) is 5.69 Å². The zero-order valence-corrected chi connectivity index (χ0v) is 17.0. The van der Waals surface area contributed by atoms with Crippen molar-refractivity contribution in [2.24, 2.45) is 5.92 Å². The highest BCUT2D eigenvalue weighted by Crippen LogP contribution is 2.30. The van der Waals surface area contributed by atoms with Crippen molar-refractivity contribution in [2.75, 3.05) is 23.3 Å². The first-order chi connectivity index (χ1) is 14.3. The molecular weight excluding hydrogens is 410 g/mol. The molecule has 0 aliphatic carbocycles. The first-order valence-electron chi connectivity index (χ1n) is 9.17. The van der Waals surface area contributed by atoms with E-state index in [0.717, 1.165) is 11.4 Å². The number of carbonyl (C=O) groups excluding carboxylic acids is 1. The average molecular weight is 428 g/mol. The molecular formula is C19H18ClN7O3. The first-order valence-corrected chi connectivity index (χ1v) is 9.55. The molecule has 0 spiro atoms. The van der Waals surface area contributed by atoms with E-state index in [4.69, 9.17) is 11.6 Å². The van der Waals surface area contributed by atoms with E-state index in [2.05, 4.69) is 20.4 Å².